The lowest BCUT2D eigenvalue weighted by molar-refractivity contribution is -0.140. The average molecular weight is 181 g/mol. The average Bonchev–Trinajstić information content (AvgIpc) is 1.65. The number of halogens is 1. The van der Waals surface area contributed by atoms with Crippen molar-refractivity contribution in [1.82, 2.24) is 0 Å². The van der Waals surface area contributed by atoms with E-state index in [1.165, 1.54) is 7.11 Å². The minimum atomic E-state index is -0.172. The number of methoxy groups -OCH3 is 1. The van der Waals surface area contributed by atoms with E-state index >= 15 is 0 Å². The Balaban J connectivity index is 3.25. The molecule has 0 aliphatic heterocycles. The van der Waals surface area contributed by atoms with E-state index in [-0.39, 0.29) is 10.8 Å². The number of rotatable bonds is 2. The molecule has 0 aliphatic carbocycles. The molecule has 0 rings (SSSR count). The molecule has 8 heavy (non-hydrogen) atoms. The third kappa shape index (κ3) is 4.12. The zero-order valence-corrected chi connectivity index (χ0v) is 6.56. The topological polar surface area (TPSA) is 26.3 Å². The Kier molecular flexibility index (Phi) is 3.87. The van der Waals surface area contributed by atoms with Gasteiger partial charge in [-0.25, -0.2) is 0 Å². The zero-order valence-electron chi connectivity index (χ0n) is 4.98. The summed E-state index contributed by atoms with van der Waals surface area (Å²) in [7, 11) is 1.39. The van der Waals surface area contributed by atoms with Crippen LogP contribution in [-0.4, -0.2) is 17.9 Å². The first-order valence-corrected chi connectivity index (χ1v) is 3.29. The van der Waals surface area contributed by atoms with Crippen molar-refractivity contribution >= 4 is 21.9 Å². The molecule has 1 atom stereocenters. The Labute approximate surface area is 57.3 Å². The van der Waals surface area contributed by atoms with E-state index < -0.39 is 0 Å². The number of alkyl halides is 1. The molecule has 0 saturated heterocycles. The van der Waals surface area contributed by atoms with Gasteiger partial charge >= 0.3 is 5.97 Å². The van der Waals surface area contributed by atoms with Crippen LogP contribution in [-0.2, 0) is 9.53 Å². The van der Waals surface area contributed by atoms with Gasteiger partial charge in [-0.3, -0.25) is 4.79 Å². The maximum absolute atomic E-state index is 10.4. The van der Waals surface area contributed by atoms with E-state index in [4.69, 9.17) is 0 Å². The minimum absolute atomic E-state index is 0.172. The van der Waals surface area contributed by atoms with Gasteiger partial charge in [-0.2, -0.15) is 0 Å². The number of ether oxygens (including phenoxy) is 1. The van der Waals surface area contributed by atoms with Crippen molar-refractivity contribution in [2.75, 3.05) is 7.11 Å². The molecule has 0 fully saturated rings. The van der Waals surface area contributed by atoms with Gasteiger partial charge in [0.05, 0.1) is 13.5 Å². The SMILES string of the molecule is COC(=O)C[C@H](C)Br. The summed E-state index contributed by atoms with van der Waals surface area (Å²) < 4.78 is 4.39. The summed E-state index contributed by atoms with van der Waals surface area (Å²) in [6, 6.07) is 0. The molecule has 2 nitrogen and oxygen atoms in total. The van der Waals surface area contributed by atoms with Gasteiger partial charge in [-0.15, -0.1) is 0 Å². The molecule has 0 aromatic carbocycles. The van der Waals surface area contributed by atoms with Gasteiger partial charge in [0.25, 0.3) is 0 Å². The number of esters is 1. The first kappa shape index (κ1) is 7.95. The lowest BCUT2D eigenvalue weighted by Crippen LogP contribution is -2.05. The van der Waals surface area contributed by atoms with Crippen LogP contribution >= 0.6 is 15.9 Å². The Morgan fingerprint density at radius 2 is 2.38 bits per heavy atom. The highest BCUT2D eigenvalue weighted by atomic mass is 79.9. The van der Waals surface area contributed by atoms with E-state index in [1.807, 2.05) is 6.92 Å². The first-order valence-electron chi connectivity index (χ1n) is 2.37. The summed E-state index contributed by atoms with van der Waals surface area (Å²) >= 11 is 3.21. The predicted molar refractivity (Wildman–Crippen MR) is 35.0 cm³/mol. The highest BCUT2D eigenvalue weighted by molar-refractivity contribution is 9.09. The third-order valence-corrected chi connectivity index (χ3v) is 0.999. The van der Waals surface area contributed by atoms with Crippen LogP contribution in [0.3, 0.4) is 0 Å². The van der Waals surface area contributed by atoms with E-state index in [9.17, 15) is 4.79 Å². The molecule has 0 bridgehead atoms. The lowest BCUT2D eigenvalue weighted by Gasteiger charge is -1.98. The highest BCUT2D eigenvalue weighted by Crippen LogP contribution is 2.02. The van der Waals surface area contributed by atoms with Crippen LogP contribution in [0.15, 0.2) is 0 Å². The summed E-state index contributed by atoms with van der Waals surface area (Å²) in [5.41, 5.74) is 0. The molecule has 3 heteroatoms. The van der Waals surface area contributed by atoms with Gasteiger partial charge in [0.15, 0.2) is 0 Å². The normalized spacial score (nSPS) is 12.9. The smallest absolute Gasteiger partial charge is 0.306 e. The van der Waals surface area contributed by atoms with Crippen molar-refractivity contribution in [3.05, 3.63) is 0 Å². The fourth-order valence-electron chi connectivity index (χ4n) is 0.313. The summed E-state index contributed by atoms with van der Waals surface area (Å²) in [4.78, 5) is 10.6. The van der Waals surface area contributed by atoms with E-state index in [1.54, 1.807) is 0 Å². The molecule has 0 unspecified atom stereocenters. The van der Waals surface area contributed by atoms with Crippen molar-refractivity contribution in [2.24, 2.45) is 0 Å². The van der Waals surface area contributed by atoms with E-state index in [0.717, 1.165) is 0 Å². The van der Waals surface area contributed by atoms with Crippen molar-refractivity contribution in [3.8, 4) is 0 Å². The number of carbonyl (C=O) groups is 1. The Morgan fingerprint density at radius 3 is 2.50 bits per heavy atom. The summed E-state index contributed by atoms with van der Waals surface area (Å²) in [5, 5.41) is 0. The predicted octanol–water partition coefficient (Wildman–Crippen LogP) is 1.33. The molecule has 0 radical (unpaired) electrons. The minimum Gasteiger partial charge on any atom is -0.469 e. The van der Waals surface area contributed by atoms with Crippen LogP contribution < -0.4 is 0 Å². The van der Waals surface area contributed by atoms with Gasteiger partial charge < -0.3 is 4.74 Å². The molecule has 0 N–H and O–H groups in total. The zero-order chi connectivity index (χ0) is 6.57. The maximum atomic E-state index is 10.4. The fraction of sp³-hybridized carbons (Fsp3) is 0.800. The van der Waals surface area contributed by atoms with Crippen LogP contribution in [0.1, 0.15) is 13.3 Å². The summed E-state index contributed by atoms with van der Waals surface area (Å²) in [6.45, 7) is 1.90. The van der Waals surface area contributed by atoms with Crippen molar-refractivity contribution < 1.29 is 9.53 Å². The molecular formula is C5H9BrO2. The van der Waals surface area contributed by atoms with E-state index in [0.29, 0.717) is 6.42 Å². The van der Waals surface area contributed by atoms with Gasteiger partial charge in [0, 0.05) is 4.83 Å². The van der Waals surface area contributed by atoms with Crippen LogP contribution in [0, 0.1) is 0 Å². The van der Waals surface area contributed by atoms with Gasteiger partial charge in [-0.1, -0.05) is 22.9 Å². The summed E-state index contributed by atoms with van der Waals surface area (Å²) in [6.07, 6.45) is 0.441. The number of hydrogen-bond donors (Lipinski definition) is 0. The number of carbonyl (C=O) groups excluding carboxylic acids is 1. The second-order valence-electron chi connectivity index (χ2n) is 1.56. The van der Waals surface area contributed by atoms with Crippen molar-refractivity contribution in [3.63, 3.8) is 0 Å². The van der Waals surface area contributed by atoms with Crippen molar-refractivity contribution in [2.45, 2.75) is 18.2 Å². The first-order chi connectivity index (χ1) is 3.66. The molecular weight excluding hydrogens is 172 g/mol. The molecule has 0 aromatic rings. The van der Waals surface area contributed by atoms with Gasteiger partial charge in [0.1, 0.15) is 0 Å². The second-order valence-corrected chi connectivity index (χ2v) is 3.12. The quantitative estimate of drug-likeness (QED) is 0.474. The molecule has 0 spiro atoms. The second kappa shape index (κ2) is 3.89. The molecule has 0 aliphatic rings. The monoisotopic (exact) mass is 180 g/mol. The van der Waals surface area contributed by atoms with Gasteiger partial charge in [-0.05, 0) is 0 Å². The molecule has 0 aromatic heterocycles. The molecule has 0 heterocycles. The van der Waals surface area contributed by atoms with Crippen LogP contribution in [0.5, 0.6) is 0 Å². The lowest BCUT2D eigenvalue weighted by atomic mass is 10.3. The van der Waals surface area contributed by atoms with Crippen LogP contribution in [0.2, 0.25) is 0 Å². The van der Waals surface area contributed by atoms with Crippen LogP contribution in [0.4, 0.5) is 0 Å². The Morgan fingerprint density at radius 1 is 1.88 bits per heavy atom. The Bertz CT molecular complexity index is 80.5. The Hall–Kier alpha value is -0.0500. The third-order valence-electron chi connectivity index (χ3n) is 0.676. The number of hydrogen-bond acceptors (Lipinski definition) is 2. The van der Waals surface area contributed by atoms with Crippen LogP contribution in [0.25, 0.3) is 0 Å². The maximum Gasteiger partial charge on any atom is 0.306 e. The van der Waals surface area contributed by atoms with Gasteiger partial charge in [0.2, 0.25) is 0 Å². The highest BCUT2D eigenvalue weighted by Gasteiger charge is 2.03. The molecule has 0 amide bonds. The fourth-order valence-corrected chi connectivity index (χ4v) is 0.577. The molecule has 0 saturated carbocycles. The van der Waals surface area contributed by atoms with E-state index in [2.05, 4.69) is 20.7 Å². The standard InChI is InChI=1S/C5H9BrO2/c1-4(6)3-5(7)8-2/h4H,3H2,1-2H3/t4-/m0/s1. The largest absolute Gasteiger partial charge is 0.469 e. The molecule has 48 valence electrons. The summed E-state index contributed by atoms with van der Waals surface area (Å²) in [5.74, 6) is -0.172. The van der Waals surface area contributed by atoms with Crippen molar-refractivity contribution in [1.29, 1.82) is 0 Å².